The minimum atomic E-state index is -0.916. The van der Waals surface area contributed by atoms with E-state index in [-0.39, 0.29) is 6.42 Å². The summed E-state index contributed by atoms with van der Waals surface area (Å²) < 4.78 is 5.65. The van der Waals surface area contributed by atoms with Gasteiger partial charge in [-0.15, -0.1) is 0 Å². The Morgan fingerprint density at radius 2 is 1.75 bits per heavy atom. The molecule has 0 aliphatic rings. The van der Waals surface area contributed by atoms with Crippen LogP contribution >= 0.6 is 0 Å². The van der Waals surface area contributed by atoms with Gasteiger partial charge < -0.3 is 9.84 Å². The molecule has 0 bridgehead atoms. The Hall–Kier alpha value is -2.73. The van der Waals surface area contributed by atoms with Crippen LogP contribution in [0.25, 0.3) is 0 Å². The van der Waals surface area contributed by atoms with Crippen molar-refractivity contribution < 1.29 is 14.6 Å². The lowest BCUT2D eigenvalue weighted by Crippen LogP contribution is -1.94. The summed E-state index contributed by atoms with van der Waals surface area (Å²) in [5.41, 5.74) is 1.89. The highest BCUT2D eigenvalue weighted by Gasteiger charge is 1.96. The topological polar surface area (TPSA) is 46.5 Å². The molecule has 0 amide bonds. The summed E-state index contributed by atoms with van der Waals surface area (Å²) in [6.45, 7) is 0.519. The molecule has 1 N–H and O–H groups in total. The van der Waals surface area contributed by atoms with Gasteiger partial charge in [0, 0.05) is 5.56 Å². The molecule has 0 saturated carbocycles. The first-order valence-electron chi connectivity index (χ1n) is 6.21. The number of hydrogen-bond donors (Lipinski definition) is 1. The van der Waals surface area contributed by atoms with Crippen LogP contribution in [0.4, 0.5) is 0 Å². The fourth-order valence-electron chi connectivity index (χ4n) is 1.60. The number of rotatable bonds is 4. The Morgan fingerprint density at radius 1 is 1.05 bits per heavy atom. The van der Waals surface area contributed by atoms with Crippen LogP contribution < -0.4 is 4.74 Å². The lowest BCUT2D eigenvalue weighted by atomic mass is 10.2. The Morgan fingerprint density at radius 3 is 2.40 bits per heavy atom. The molecule has 0 heterocycles. The number of carboxylic acids is 1. The van der Waals surface area contributed by atoms with E-state index >= 15 is 0 Å². The van der Waals surface area contributed by atoms with Crippen molar-refractivity contribution in [3.05, 3.63) is 65.7 Å². The fourth-order valence-corrected chi connectivity index (χ4v) is 1.60. The van der Waals surface area contributed by atoms with Gasteiger partial charge in [0.1, 0.15) is 18.8 Å². The van der Waals surface area contributed by atoms with Crippen LogP contribution in [0.15, 0.2) is 54.6 Å². The zero-order valence-electron chi connectivity index (χ0n) is 10.9. The van der Waals surface area contributed by atoms with E-state index in [0.29, 0.717) is 6.61 Å². The summed E-state index contributed by atoms with van der Waals surface area (Å²) in [6.07, 6.45) is -0.147. The van der Waals surface area contributed by atoms with Crippen LogP contribution in [-0.4, -0.2) is 11.1 Å². The molecule has 100 valence electrons. The first-order chi connectivity index (χ1) is 9.74. The lowest BCUT2D eigenvalue weighted by molar-refractivity contribution is -0.135. The summed E-state index contributed by atoms with van der Waals surface area (Å²) in [5, 5.41) is 8.49. The van der Waals surface area contributed by atoms with Crippen molar-refractivity contribution in [2.75, 3.05) is 0 Å². The molecule has 0 aliphatic carbocycles. The summed E-state index contributed by atoms with van der Waals surface area (Å²) >= 11 is 0. The number of benzene rings is 2. The van der Waals surface area contributed by atoms with Crippen molar-refractivity contribution in [2.45, 2.75) is 13.0 Å². The minimum absolute atomic E-state index is 0.147. The van der Waals surface area contributed by atoms with Crippen molar-refractivity contribution >= 4 is 5.97 Å². The second-order valence-corrected chi connectivity index (χ2v) is 4.17. The van der Waals surface area contributed by atoms with E-state index in [0.717, 1.165) is 16.9 Å². The first-order valence-corrected chi connectivity index (χ1v) is 6.21. The molecule has 0 aliphatic heterocycles. The Labute approximate surface area is 117 Å². The smallest absolute Gasteiger partial charge is 0.315 e. The van der Waals surface area contributed by atoms with Gasteiger partial charge in [-0.05, 0) is 29.8 Å². The summed E-state index contributed by atoms with van der Waals surface area (Å²) in [6, 6.07) is 17.2. The minimum Gasteiger partial charge on any atom is -0.489 e. The number of hydrogen-bond acceptors (Lipinski definition) is 2. The lowest BCUT2D eigenvalue weighted by Gasteiger charge is -2.05. The Balaban J connectivity index is 1.91. The molecule has 3 heteroatoms. The maximum absolute atomic E-state index is 10.3. The molecule has 2 aromatic rings. The standard InChI is InChI=1S/C17H14O3/c18-17(19)8-4-7-14-9-11-16(12-10-14)20-13-15-5-2-1-3-6-15/h1-3,5-6,9-12H,8,13H2,(H,18,19). The highest BCUT2D eigenvalue weighted by atomic mass is 16.5. The van der Waals surface area contributed by atoms with E-state index in [1.54, 1.807) is 0 Å². The molecular formula is C17H14O3. The monoisotopic (exact) mass is 266 g/mol. The molecule has 0 spiro atoms. The van der Waals surface area contributed by atoms with Gasteiger partial charge >= 0.3 is 5.97 Å². The van der Waals surface area contributed by atoms with Gasteiger partial charge in [0.25, 0.3) is 0 Å². The molecule has 2 aromatic carbocycles. The predicted octanol–water partition coefficient (Wildman–Crippen LogP) is 3.09. The average Bonchev–Trinajstić information content (AvgIpc) is 2.47. The van der Waals surface area contributed by atoms with E-state index in [9.17, 15) is 4.79 Å². The first kappa shape index (κ1) is 13.7. The number of carbonyl (C=O) groups is 1. The molecule has 0 radical (unpaired) electrons. The van der Waals surface area contributed by atoms with Crippen molar-refractivity contribution in [1.82, 2.24) is 0 Å². The third kappa shape index (κ3) is 4.51. The Kier molecular flexibility index (Phi) is 4.80. The SMILES string of the molecule is O=C(O)CC#Cc1ccc(OCc2ccccc2)cc1. The average molecular weight is 266 g/mol. The summed E-state index contributed by atoms with van der Waals surface area (Å²) in [5.74, 6) is 5.22. The normalized spacial score (nSPS) is 9.40. The van der Waals surface area contributed by atoms with Crippen molar-refractivity contribution in [3.8, 4) is 17.6 Å². The van der Waals surface area contributed by atoms with E-state index in [1.807, 2.05) is 54.6 Å². The van der Waals surface area contributed by atoms with Gasteiger partial charge in [-0.3, -0.25) is 4.79 Å². The molecular weight excluding hydrogens is 252 g/mol. The second-order valence-electron chi connectivity index (χ2n) is 4.17. The predicted molar refractivity (Wildman–Crippen MR) is 76.3 cm³/mol. The van der Waals surface area contributed by atoms with E-state index < -0.39 is 5.97 Å². The quantitative estimate of drug-likeness (QED) is 0.865. The number of carboxylic acid groups (broad SMARTS) is 1. The molecule has 0 fully saturated rings. The van der Waals surface area contributed by atoms with Crippen molar-refractivity contribution in [1.29, 1.82) is 0 Å². The van der Waals surface area contributed by atoms with Crippen molar-refractivity contribution in [3.63, 3.8) is 0 Å². The van der Waals surface area contributed by atoms with E-state index in [1.165, 1.54) is 0 Å². The van der Waals surface area contributed by atoms with Gasteiger partial charge in [-0.1, -0.05) is 42.2 Å². The fraction of sp³-hybridized carbons (Fsp3) is 0.118. The van der Waals surface area contributed by atoms with Crippen LogP contribution in [-0.2, 0) is 11.4 Å². The summed E-state index contributed by atoms with van der Waals surface area (Å²) in [4.78, 5) is 10.3. The maximum Gasteiger partial charge on any atom is 0.315 e. The molecule has 3 nitrogen and oxygen atoms in total. The van der Waals surface area contributed by atoms with Crippen LogP contribution in [0.2, 0.25) is 0 Å². The zero-order chi connectivity index (χ0) is 14.2. The van der Waals surface area contributed by atoms with Crippen LogP contribution in [0.5, 0.6) is 5.75 Å². The molecule has 20 heavy (non-hydrogen) atoms. The van der Waals surface area contributed by atoms with E-state index in [4.69, 9.17) is 9.84 Å². The highest BCUT2D eigenvalue weighted by Crippen LogP contribution is 2.13. The molecule has 0 aromatic heterocycles. The van der Waals surface area contributed by atoms with Crippen LogP contribution in [0, 0.1) is 11.8 Å². The molecule has 0 unspecified atom stereocenters. The van der Waals surface area contributed by atoms with Gasteiger partial charge in [0.15, 0.2) is 0 Å². The van der Waals surface area contributed by atoms with E-state index in [2.05, 4.69) is 11.8 Å². The number of ether oxygens (including phenoxy) is 1. The van der Waals surface area contributed by atoms with Gasteiger partial charge in [-0.2, -0.15) is 0 Å². The molecule has 0 saturated heterocycles. The maximum atomic E-state index is 10.3. The largest absolute Gasteiger partial charge is 0.489 e. The molecule has 0 atom stereocenters. The van der Waals surface area contributed by atoms with Gasteiger partial charge in [0.2, 0.25) is 0 Å². The van der Waals surface area contributed by atoms with Gasteiger partial charge in [0.05, 0.1) is 0 Å². The molecule has 2 rings (SSSR count). The van der Waals surface area contributed by atoms with Crippen LogP contribution in [0.3, 0.4) is 0 Å². The van der Waals surface area contributed by atoms with Crippen molar-refractivity contribution in [2.24, 2.45) is 0 Å². The highest BCUT2D eigenvalue weighted by molar-refractivity contribution is 5.70. The summed E-state index contributed by atoms with van der Waals surface area (Å²) in [7, 11) is 0. The third-order valence-corrected chi connectivity index (χ3v) is 2.57. The second kappa shape index (κ2) is 7.01. The number of aliphatic carboxylic acids is 1. The van der Waals surface area contributed by atoms with Crippen LogP contribution in [0.1, 0.15) is 17.5 Å². The zero-order valence-corrected chi connectivity index (χ0v) is 10.9. The Bertz CT molecular complexity index is 619. The van der Waals surface area contributed by atoms with Gasteiger partial charge in [-0.25, -0.2) is 0 Å². The third-order valence-electron chi connectivity index (χ3n) is 2.57.